The fraction of sp³-hybridized carbons (Fsp3) is 0.625. The minimum Gasteiger partial charge on any atom is -0.231 e. The first kappa shape index (κ1) is 29.4. The average molecular weight is 372 g/mol. The van der Waals surface area contributed by atoms with E-state index in [1.807, 2.05) is 67.8 Å². The first-order valence-electron chi connectivity index (χ1n) is 7.76. The molecular weight excluding hydrogens is 340 g/mol. The van der Waals surface area contributed by atoms with Gasteiger partial charge >= 0.3 is 0 Å². The summed E-state index contributed by atoms with van der Waals surface area (Å²) in [5.74, 6) is 2.25. The molecule has 0 unspecified atom stereocenters. The number of nitrogens with zero attached hydrogens (tertiary/aromatic N) is 6. The largest absolute Gasteiger partial charge is 0.231 e. The Morgan fingerprint density at radius 2 is 1.13 bits per heavy atom. The second-order valence-electron chi connectivity index (χ2n) is 3.23. The first-order chi connectivity index (χ1) is 10.7. The number of hydrogen-bond acceptors (Lipinski definition) is 4. The molecular formula is C16H32CuN6. The van der Waals surface area contributed by atoms with E-state index in [2.05, 4.69) is 33.0 Å². The van der Waals surface area contributed by atoms with Crippen molar-refractivity contribution in [3.05, 3.63) is 23.8 Å². The topological polar surface area (TPSA) is 61.4 Å². The van der Waals surface area contributed by atoms with Crippen LogP contribution < -0.4 is 0 Å². The van der Waals surface area contributed by atoms with Crippen LogP contribution in [0.2, 0.25) is 0 Å². The van der Waals surface area contributed by atoms with Crippen molar-refractivity contribution in [1.29, 1.82) is 0 Å². The van der Waals surface area contributed by atoms with E-state index < -0.39 is 0 Å². The third-order valence-corrected chi connectivity index (χ3v) is 1.60. The molecule has 2 aromatic rings. The molecule has 0 atom stereocenters. The number of terminal acetylenes is 1. The normalized spacial score (nSPS) is 7.13. The van der Waals surface area contributed by atoms with Gasteiger partial charge in [0.2, 0.25) is 0 Å². The molecule has 0 N–H and O–H groups in total. The van der Waals surface area contributed by atoms with E-state index in [1.54, 1.807) is 16.3 Å². The molecule has 7 heteroatoms. The van der Waals surface area contributed by atoms with Crippen molar-refractivity contribution < 1.29 is 17.1 Å². The maximum Gasteiger partial charge on any atom is 0.136 e. The number of rotatable bonds is 2. The molecule has 0 aliphatic heterocycles. The summed E-state index contributed by atoms with van der Waals surface area (Å²) in [5, 5.41) is 15.5. The van der Waals surface area contributed by atoms with E-state index in [0.29, 0.717) is 6.67 Å². The number of hydrogen-bond donors (Lipinski definition) is 0. The summed E-state index contributed by atoms with van der Waals surface area (Å²) in [6, 6.07) is 0. The Balaban J connectivity index is -0.000000156. The van der Waals surface area contributed by atoms with Gasteiger partial charge in [0.1, 0.15) is 6.67 Å². The SMILES string of the molecule is C#CC.CC.CC.CC.Cc1cn(Cn2cc(C)nn2)nn1.[Cu]. The molecule has 6 nitrogen and oxygen atoms in total. The van der Waals surface area contributed by atoms with E-state index in [1.165, 1.54) is 0 Å². The van der Waals surface area contributed by atoms with Crippen LogP contribution in [0.3, 0.4) is 0 Å². The second kappa shape index (κ2) is 22.6. The summed E-state index contributed by atoms with van der Waals surface area (Å²) in [7, 11) is 0. The summed E-state index contributed by atoms with van der Waals surface area (Å²) in [6.07, 6.45) is 8.31. The molecule has 23 heavy (non-hydrogen) atoms. The Labute approximate surface area is 152 Å². The summed E-state index contributed by atoms with van der Waals surface area (Å²) >= 11 is 0. The van der Waals surface area contributed by atoms with Crippen LogP contribution in [0.5, 0.6) is 0 Å². The van der Waals surface area contributed by atoms with Crippen LogP contribution in [0, 0.1) is 26.2 Å². The maximum atomic E-state index is 4.60. The summed E-state index contributed by atoms with van der Waals surface area (Å²) in [5.41, 5.74) is 1.80. The molecule has 2 heterocycles. The van der Waals surface area contributed by atoms with Crippen molar-refractivity contribution >= 4 is 0 Å². The summed E-state index contributed by atoms with van der Waals surface area (Å²) in [6.45, 7) is 18.0. The van der Waals surface area contributed by atoms with Crippen molar-refractivity contribution in [2.24, 2.45) is 0 Å². The third kappa shape index (κ3) is 16.6. The molecule has 0 amide bonds. The van der Waals surface area contributed by atoms with Gasteiger partial charge in [0.05, 0.1) is 23.8 Å². The molecule has 0 aliphatic rings. The van der Waals surface area contributed by atoms with Crippen LogP contribution in [-0.4, -0.2) is 30.0 Å². The van der Waals surface area contributed by atoms with E-state index >= 15 is 0 Å². The molecule has 2 aromatic heterocycles. The quantitative estimate of drug-likeness (QED) is 0.596. The van der Waals surface area contributed by atoms with Gasteiger partial charge in [0.15, 0.2) is 0 Å². The van der Waals surface area contributed by atoms with Gasteiger partial charge in [-0.1, -0.05) is 52.0 Å². The fourth-order valence-corrected chi connectivity index (χ4v) is 1.08. The number of aryl methyl sites for hydroxylation is 2. The van der Waals surface area contributed by atoms with Crippen LogP contribution >= 0.6 is 0 Å². The zero-order valence-electron chi connectivity index (χ0n) is 15.9. The third-order valence-electron chi connectivity index (χ3n) is 1.60. The Bertz CT molecular complexity index is 446. The van der Waals surface area contributed by atoms with Gasteiger partial charge in [-0.25, -0.2) is 9.36 Å². The summed E-state index contributed by atoms with van der Waals surface area (Å²) < 4.78 is 3.42. The minimum absolute atomic E-state index is 0. The van der Waals surface area contributed by atoms with Crippen molar-refractivity contribution in [3.63, 3.8) is 0 Å². The summed E-state index contributed by atoms with van der Waals surface area (Å²) in [4.78, 5) is 0. The van der Waals surface area contributed by atoms with E-state index in [9.17, 15) is 0 Å². The molecule has 0 fully saturated rings. The van der Waals surface area contributed by atoms with Gasteiger partial charge in [0.25, 0.3) is 0 Å². The molecule has 0 aromatic carbocycles. The van der Waals surface area contributed by atoms with E-state index in [4.69, 9.17) is 0 Å². The monoisotopic (exact) mass is 371 g/mol. The Hall–Kier alpha value is -1.64. The van der Waals surface area contributed by atoms with Gasteiger partial charge in [-0.15, -0.1) is 22.5 Å². The Kier molecular flexibility index (Phi) is 28.9. The van der Waals surface area contributed by atoms with Crippen LogP contribution in [0.1, 0.15) is 59.9 Å². The van der Waals surface area contributed by atoms with Crippen LogP contribution in [-0.2, 0) is 23.7 Å². The number of aromatic nitrogens is 6. The predicted octanol–water partition coefficient (Wildman–Crippen LogP) is 3.71. The first-order valence-corrected chi connectivity index (χ1v) is 7.76. The molecule has 137 valence electrons. The maximum absolute atomic E-state index is 4.60. The molecule has 0 saturated carbocycles. The zero-order chi connectivity index (χ0) is 18.0. The molecule has 0 saturated heterocycles. The Morgan fingerprint density at radius 3 is 1.30 bits per heavy atom. The van der Waals surface area contributed by atoms with Gasteiger partial charge in [0, 0.05) is 17.1 Å². The minimum atomic E-state index is 0. The van der Waals surface area contributed by atoms with Crippen LogP contribution in [0.15, 0.2) is 12.4 Å². The standard InChI is InChI=1S/C7H10N6.C3H4.3C2H6.Cu/c1-6-3-12(10-8-6)5-13-4-7(2)9-11-13;1-3-2;3*1-2;/h3-4H,5H2,1-2H3;1H,2H3;3*1-2H3;. The van der Waals surface area contributed by atoms with Gasteiger partial charge in [-0.3, -0.25) is 0 Å². The molecule has 1 radical (unpaired) electrons. The van der Waals surface area contributed by atoms with Crippen LogP contribution in [0.25, 0.3) is 0 Å². The molecule has 0 bridgehead atoms. The predicted molar refractivity (Wildman–Crippen MR) is 93.5 cm³/mol. The van der Waals surface area contributed by atoms with E-state index in [-0.39, 0.29) is 17.1 Å². The fourth-order valence-electron chi connectivity index (χ4n) is 1.08. The van der Waals surface area contributed by atoms with Crippen molar-refractivity contribution in [1.82, 2.24) is 30.0 Å². The second-order valence-corrected chi connectivity index (χ2v) is 3.23. The Morgan fingerprint density at radius 1 is 0.870 bits per heavy atom. The zero-order valence-corrected chi connectivity index (χ0v) is 16.9. The molecule has 0 spiro atoms. The molecule has 2 rings (SSSR count). The van der Waals surface area contributed by atoms with Crippen LogP contribution in [0.4, 0.5) is 0 Å². The van der Waals surface area contributed by atoms with Crippen molar-refractivity contribution in [2.45, 2.75) is 69.0 Å². The van der Waals surface area contributed by atoms with E-state index in [0.717, 1.165) is 11.4 Å². The van der Waals surface area contributed by atoms with Crippen molar-refractivity contribution in [3.8, 4) is 12.3 Å². The van der Waals surface area contributed by atoms with Crippen molar-refractivity contribution in [2.75, 3.05) is 0 Å². The average Bonchev–Trinajstić information content (AvgIpc) is 3.15. The molecule has 0 aliphatic carbocycles. The van der Waals surface area contributed by atoms with Gasteiger partial charge < -0.3 is 0 Å². The van der Waals surface area contributed by atoms with Gasteiger partial charge in [-0.2, -0.15) is 0 Å². The van der Waals surface area contributed by atoms with Gasteiger partial charge in [-0.05, 0) is 20.8 Å². The smallest absolute Gasteiger partial charge is 0.136 e.